The molecule has 0 bridgehead atoms. The summed E-state index contributed by atoms with van der Waals surface area (Å²) in [6.45, 7) is 8.95. The number of phenols is 1. The van der Waals surface area contributed by atoms with Crippen molar-refractivity contribution in [2.45, 2.75) is 26.9 Å². The molecule has 1 aliphatic heterocycles. The van der Waals surface area contributed by atoms with Crippen LogP contribution in [0.1, 0.15) is 53.2 Å². The summed E-state index contributed by atoms with van der Waals surface area (Å²) in [5.74, 6) is -0.822. The summed E-state index contributed by atoms with van der Waals surface area (Å²) in [5, 5.41) is 13.0. The van der Waals surface area contributed by atoms with E-state index in [1.807, 2.05) is 30.3 Å². The normalized spacial score (nSPS) is 18.3. The molecule has 0 aromatic heterocycles. The van der Waals surface area contributed by atoms with Crippen LogP contribution in [-0.4, -0.2) is 47.9 Å². The van der Waals surface area contributed by atoms with Crippen molar-refractivity contribution >= 4 is 11.7 Å². The van der Waals surface area contributed by atoms with Gasteiger partial charge in [-0.3, -0.25) is 9.59 Å². The first-order valence-corrected chi connectivity index (χ1v) is 10.1. The van der Waals surface area contributed by atoms with E-state index in [-0.39, 0.29) is 34.3 Å². The molecule has 6 heteroatoms. The maximum atomic E-state index is 13.0. The van der Waals surface area contributed by atoms with Crippen molar-refractivity contribution in [3.63, 3.8) is 0 Å². The van der Waals surface area contributed by atoms with Gasteiger partial charge in [-0.15, -0.1) is 0 Å². The molecular formula is C23H28N2O4. The lowest BCUT2D eigenvalue weighted by atomic mass is 9.86. The van der Waals surface area contributed by atoms with Crippen molar-refractivity contribution in [3.8, 4) is 11.5 Å². The van der Waals surface area contributed by atoms with E-state index in [1.165, 1.54) is 12.1 Å². The molecule has 0 spiro atoms. The minimum Gasteiger partial charge on any atom is -0.508 e. The standard InChI is InChI=1S/C23H28N2O4/c1-4-25(5-2)12-11-24-23(28)19-14-17(26)13-18-20(27)15(3)21(29-22(18)19)16-9-7-6-8-10-16/h6-10,13-15,21,26H,4-5,11-12H2,1-3H3,(H,24,28)/t15-,21-/m0/s1. The van der Waals surface area contributed by atoms with Crippen LogP contribution in [0.2, 0.25) is 0 Å². The number of phenolic OH excluding ortho intramolecular Hbond substituents is 1. The van der Waals surface area contributed by atoms with Gasteiger partial charge in [-0.25, -0.2) is 0 Å². The maximum Gasteiger partial charge on any atom is 0.255 e. The average Bonchev–Trinajstić information content (AvgIpc) is 2.74. The first-order chi connectivity index (χ1) is 14.0. The van der Waals surface area contributed by atoms with E-state index in [9.17, 15) is 14.7 Å². The van der Waals surface area contributed by atoms with Gasteiger partial charge < -0.3 is 20.1 Å². The van der Waals surface area contributed by atoms with Gasteiger partial charge in [0.25, 0.3) is 5.91 Å². The zero-order chi connectivity index (χ0) is 21.0. The second-order valence-electron chi connectivity index (χ2n) is 7.25. The molecule has 3 rings (SSSR count). The summed E-state index contributed by atoms with van der Waals surface area (Å²) in [4.78, 5) is 28.0. The van der Waals surface area contributed by atoms with Gasteiger partial charge in [0, 0.05) is 13.1 Å². The lowest BCUT2D eigenvalue weighted by molar-refractivity contribution is 0.0682. The van der Waals surface area contributed by atoms with Crippen molar-refractivity contribution < 1.29 is 19.4 Å². The topological polar surface area (TPSA) is 78.9 Å². The lowest BCUT2D eigenvalue weighted by Crippen LogP contribution is -2.36. The van der Waals surface area contributed by atoms with Gasteiger partial charge in [0.05, 0.1) is 17.0 Å². The third-order valence-corrected chi connectivity index (χ3v) is 5.43. The second-order valence-corrected chi connectivity index (χ2v) is 7.25. The Labute approximate surface area is 171 Å². The molecular weight excluding hydrogens is 368 g/mol. The van der Waals surface area contributed by atoms with Gasteiger partial charge in [-0.2, -0.15) is 0 Å². The average molecular weight is 396 g/mol. The van der Waals surface area contributed by atoms with Gasteiger partial charge in [-0.05, 0) is 30.8 Å². The number of ketones is 1. The van der Waals surface area contributed by atoms with Crippen LogP contribution in [0.4, 0.5) is 0 Å². The Bertz CT molecular complexity index is 878. The van der Waals surface area contributed by atoms with E-state index in [1.54, 1.807) is 6.92 Å². The lowest BCUT2D eigenvalue weighted by Gasteiger charge is -2.32. The zero-order valence-electron chi connectivity index (χ0n) is 17.1. The Kier molecular flexibility index (Phi) is 6.54. The van der Waals surface area contributed by atoms with Crippen LogP contribution in [0.25, 0.3) is 0 Å². The number of benzene rings is 2. The number of hydrogen-bond donors (Lipinski definition) is 2. The fourth-order valence-electron chi connectivity index (χ4n) is 3.67. The van der Waals surface area contributed by atoms with Gasteiger partial charge >= 0.3 is 0 Å². The van der Waals surface area contributed by atoms with E-state index >= 15 is 0 Å². The quantitative estimate of drug-likeness (QED) is 0.750. The number of carbonyl (C=O) groups excluding carboxylic acids is 2. The molecule has 2 aromatic rings. The number of nitrogens with one attached hydrogen (secondary N) is 1. The minimum atomic E-state index is -0.483. The highest BCUT2D eigenvalue weighted by Crippen LogP contribution is 2.42. The maximum absolute atomic E-state index is 13.0. The van der Waals surface area contributed by atoms with Crippen molar-refractivity contribution in [2.24, 2.45) is 5.92 Å². The fraction of sp³-hybridized carbons (Fsp3) is 0.391. The first-order valence-electron chi connectivity index (χ1n) is 10.1. The van der Waals surface area contributed by atoms with Crippen LogP contribution in [0.15, 0.2) is 42.5 Å². The van der Waals surface area contributed by atoms with Crippen LogP contribution < -0.4 is 10.1 Å². The molecule has 0 saturated carbocycles. The van der Waals surface area contributed by atoms with Crippen LogP contribution in [0.5, 0.6) is 11.5 Å². The molecule has 2 aromatic carbocycles. The molecule has 0 unspecified atom stereocenters. The number of ether oxygens (including phenoxy) is 1. The summed E-state index contributed by atoms with van der Waals surface area (Å²) in [6, 6.07) is 12.2. The summed E-state index contributed by atoms with van der Waals surface area (Å²) >= 11 is 0. The Morgan fingerprint density at radius 3 is 2.52 bits per heavy atom. The molecule has 0 radical (unpaired) electrons. The molecule has 6 nitrogen and oxygen atoms in total. The van der Waals surface area contributed by atoms with E-state index in [4.69, 9.17) is 4.74 Å². The molecule has 29 heavy (non-hydrogen) atoms. The fourth-order valence-corrected chi connectivity index (χ4v) is 3.67. The Balaban J connectivity index is 1.88. The number of carbonyl (C=O) groups is 2. The zero-order valence-corrected chi connectivity index (χ0v) is 17.1. The van der Waals surface area contributed by atoms with Gasteiger partial charge in [-0.1, -0.05) is 51.1 Å². The second kappa shape index (κ2) is 9.09. The number of aromatic hydroxyl groups is 1. The van der Waals surface area contributed by atoms with Gasteiger partial charge in [0.15, 0.2) is 5.78 Å². The van der Waals surface area contributed by atoms with Gasteiger partial charge in [0.2, 0.25) is 0 Å². The van der Waals surface area contributed by atoms with E-state index < -0.39 is 12.0 Å². The Morgan fingerprint density at radius 2 is 1.86 bits per heavy atom. The number of rotatable bonds is 7. The monoisotopic (exact) mass is 396 g/mol. The Morgan fingerprint density at radius 1 is 1.17 bits per heavy atom. The molecule has 1 amide bonds. The number of amides is 1. The highest BCUT2D eigenvalue weighted by molar-refractivity contribution is 6.07. The van der Waals surface area contributed by atoms with Crippen LogP contribution >= 0.6 is 0 Å². The van der Waals surface area contributed by atoms with E-state index in [2.05, 4.69) is 24.1 Å². The molecule has 2 N–H and O–H groups in total. The first kappa shape index (κ1) is 20.9. The van der Waals surface area contributed by atoms with Gasteiger partial charge in [0.1, 0.15) is 17.6 Å². The number of likely N-dealkylation sites (N-methyl/N-ethyl adjacent to an activating group) is 1. The largest absolute Gasteiger partial charge is 0.508 e. The smallest absolute Gasteiger partial charge is 0.255 e. The van der Waals surface area contributed by atoms with Crippen LogP contribution in [0.3, 0.4) is 0 Å². The third-order valence-electron chi connectivity index (χ3n) is 5.43. The molecule has 2 atom stereocenters. The summed E-state index contributed by atoms with van der Waals surface area (Å²) in [5.41, 5.74) is 1.30. The summed E-state index contributed by atoms with van der Waals surface area (Å²) < 4.78 is 6.17. The van der Waals surface area contributed by atoms with E-state index in [0.717, 1.165) is 25.2 Å². The number of fused-ring (bicyclic) bond motifs is 1. The molecule has 154 valence electrons. The van der Waals surface area contributed by atoms with Crippen LogP contribution in [0, 0.1) is 5.92 Å². The molecule has 0 aliphatic carbocycles. The van der Waals surface area contributed by atoms with Crippen molar-refractivity contribution in [1.82, 2.24) is 10.2 Å². The summed E-state index contributed by atoms with van der Waals surface area (Å²) in [7, 11) is 0. The van der Waals surface area contributed by atoms with Crippen LogP contribution in [-0.2, 0) is 0 Å². The predicted molar refractivity (Wildman–Crippen MR) is 112 cm³/mol. The van der Waals surface area contributed by atoms with E-state index in [0.29, 0.717) is 6.54 Å². The highest BCUT2D eigenvalue weighted by atomic mass is 16.5. The number of Topliss-reactive ketones (excluding diaryl/α,β-unsaturated/α-hetero) is 1. The highest BCUT2D eigenvalue weighted by Gasteiger charge is 2.37. The predicted octanol–water partition coefficient (Wildman–Crippen LogP) is 3.42. The van der Waals surface area contributed by atoms with Crippen molar-refractivity contribution in [3.05, 3.63) is 59.2 Å². The molecule has 1 heterocycles. The number of nitrogens with zero attached hydrogens (tertiary/aromatic N) is 1. The third kappa shape index (κ3) is 4.43. The SMILES string of the molecule is CCN(CC)CCNC(=O)c1cc(O)cc2c1O[C@H](c1ccccc1)[C@@H](C)C2=O. The van der Waals surface area contributed by atoms with Crippen molar-refractivity contribution in [1.29, 1.82) is 0 Å². The molecule has 1 aliphatic rings. The molecule has 0 saturated heterocycles. The minimum absolute atomic E-state index is 0.125. The van der Waals surface area contributed by atoms with Crippen molar-refractivity contribution in [2.75, 3.05) is 26.2 Å². The Hall–Kier alpha value is -2.86. The molecule has 0 fully saturated rings. The number of hydrogen-bond acceptors (Lipinski definition) is 5. The summed E-state index contributed by atoms with van der Waals surface area (Å²) in [6.07, 6.45) is -0.483.